The van der Waals surface area contributed by atoms with Crippen molar-refractivity contribution in [3.63, 3.8) is 0 Å². The fourth-order valence-corrected chi connectivity index (χ4v) is 1.57. The van der Waals surface area contributed by atoms with E-state index in [0.717, 1.165) is 5.69 Å². The van der Waals surface area contributed by atoms with Crippen molar-refractivity contribution in [3.8, 4) is 0 Å². The molecule has 0 aromatic carbocycles. The average Bonchev–Trinajstić information content (AvgIpc) is 2.65. The maximum absolute atomic E-state index is 11.9. The van der Waals surface area contributed by atoms with Crippen LogP contribution in [0.4, 0.5) is 0 Å². The molecule has 0 aliphatic rings. The van der Waals surface area contributed by atoms with Gasteiger partial charge in [-0.3, -0.25) is 9.48 Å². The molecule has 0 saturated heterocycles. The Bertz CT molecular complexity index is 434. The Balaban J connectivity index is 2.81. The highest BCUT2D eigenvalue weighted by atomic mass is 16.4. The molecule has 0 aliphatic carbocycles. The van der Waals surface area contributed by atoms with Gasteiger partial charge in [-0.15, -0.1) is 0 Å². The summed E-state index contributed by atoms with van der Waals surface area (Å²) in [7, 11) is 1.73. The number of carboxylic acids is 1. The largest absolute Gasteiger partial charge is 0.480 e. The molecule has 1 rings (SSSR count). The first kappa shape index (κ1) is 14.2. The molecule has 2 atom stereocenters. The number of hydrogen-bond acceptors (Lipinski definition) is 3. The Kier molecular flexibility index (Phi) is 4.47. The normalized spacial score (nSPS) is 14.0. The number of carbonyl (C=O) groups is 2. The average molecular weight is 253 g/mol. The summed E-state index contributed by atoms with van der Waals surface area (Å²) in [5.74, 6) is -1.60. The molecule has 0 radical (unpaired) electrons. The van der Waals surface area contributed by atoms with Gasteiger partial charge < -0.3 is 10.4 Å². The van der Waals surface area contributed by atoms with Gasteiger partial charge in [0.1, 0.15) is 11.7 Å². The van der Waals surface area contributed by atoms with Crippen LogP contribution in [0, 0.1) is 12.8 Å². The number of aryl methyl sites for hydroxylation is 2. The standard InChI is InChI=1S/C12H19N3O3/c1-5-7(2)10(12(17)18)13-11(16)9-6-8(3)15(4)14-9/h6-7,10H,5H2,1-4H3,(H,13,16)(H,17,18). The predicted molar refractivity (Wildman–Crippen MR) is 66.3 cm³/mol. The van der Waals surface area contributed by atoms with Crippen molar-refractivity contribution >= 4 is 11.9 Å². The summed E-state index contributed by atoms with van der Waals surface area (Å²) in [6.07, 6.45) is 0.679. The molecule has 1 heterocycles. The molecular weight excluding hydrogens is 234 g/mol. The van der Waals surface area contributed by atoms with E-state index in [1.807, 2.05) is 13.8 Å². The third-order valence-corrected chi connectivity index (χ3v) is 3.11. The topological polar surface area (TPSA) is 84.2 Å². The van der Waals surface area contributed by atoms with Crippen molar-refractivity contribution in [3.05, 3.63) is 17.5 Å². The van der Waals surface area contributed by atoms with Gasteiger partial charge in [0.2, 0.25) is 0 Å². The van der Waals surface area contributed by atoms with E-state index in [1.165, 1.54) is 0 Å². The molecule has 1 amide bonds. The molecule has 0 bridgehead atoms. The van der Waals surface area contributed by atoms with E-state index in [1.54, 1.807) is 24.7 Å². The third kappa shape index (κ3) is 3.09. The first-order valence-electron chi connectivity index (χ1n) is 5.91. The van der Waals surface area contributed by atoms with Gasteiger partial charge in [-0.2, -0.15) is 5.10 Å². The molecule has 0 aliphatic heterocycles. The highest BCUT2D eigenvalue weighted by molar-refractivity contribution is 5.95. The Morgan fingerprint density at radius 1 is 1.56 bits per heavy atom. The molecule has 100 valence electrons. The lowest BCUT2D eigenvalue weighted by Gasteiger charge is -2.19. The lowest BCUT2D eigenvalue weighted by Crippen LogP contribution is -2.45. The van der Waals surface area contributed by atoms with Crippen LogP contribution in [0.15, 0.2) is 6.07 Å². The smallest absolute Gasteiger partial charge is 0.326 e. The molecule has 0 spiro atoms. The summed E-state index contributed by atoms with van der Waals surface area (Å²) >= 11 is 0. The van der Waals surface area contributed by atoms with Gasteiger partial charge in [0.15, 0.2) is 0 Å². The third-order valence-electron chi connectivity index (χ3n) is 3.11. The molecule has 1 aromatic heterocycles. The van der Waals surface area contributed by atoms with Crippen molar-refractivity contribution in [1.29, 1.82) is 0 Å². The zero-order chi connectivity index (χ0) is 13.9. The first-order chi connectivity index (χ1) is 8.36. The van der Waals surface area contributed by atoms with E-state index in [9.17, 15) is 9.59 Å². The molecule has 6 nitrogen and oxygen atoms in total. The Morgan fingerprint density at radius 2 is 2.17 bits per heavy atom. The Morgan fingerprint density at radius 3 is 2.56 bits per heavy atom. The summed E-state index contributed by atoms with van der Waals surface area (Å²) in [5.41, 5.74) is 1.08. The molecule has 0 fully saturated rings. The van der Waals surface area contributed by atoms with Crippen molar-refractivity contribution in [2.75, 3.05) is 0 Å². The fourth-order valence-electron chi connectivity index (χ4n) is 1.57. The molecular formula is C12H19N3O3. The van der Waals surface area contributed by atoms with Crippen molar-refractivity contribution < 1.29 is 14.7 Å². The molecule has 2 unspecified atom stereocenters. The van der Waals surface area contributed by atoms with Crippen LogP contribution >= 0.6 is 0 Å². The van der Waals surface area contributed by atoms with Gasteiger partial charge in [0, 0.05) is 12.7 Å². The van der Waals surface area contributed by atoms with Gasteiger partial charge in [0.05, 0.1) is 0 Å². The molecule has 6 heteroatoms. The number of rotatable bonds is 5. The zero-order valence-electron chi connectivity index (χ0n) is 11.1. The van der Waals surface area contributed by atoms with Crippen LogP contribution in [0.2, 0.25) is 0 Å². The number of nitrogens with zero attached hydrogens (tertiary/aromatic N) is 2. The van der Waals surface area contributed by atoms with E-state index in [0.29, 0.717) is 6.42 Å². The van der Waals surface area contributed by atoms with Crippen molar-refractivity contribution in [2.24, 2.45) is 13.0 Å². The second kappa shape index (κ2) is 5.66. The van der Waals surface area contributed by atoms with Crippen LogP contribution in [0.25, 0.3) is 0 Å². The SMILES string of the molecule is CCC(C)C(NC(=O)c1cc(C)n(C)n1)C(=O)O. The fraction of sp³-hybridized carbons (Fsp3) is 0.583. The minimum atomic E-state index is -1.02. The van der Waals surface area contributed by atoms with Gasteiger partial charge in [-0.05, 0) is 18.9 Å². The number of aliphatic carboxylic acids is 1. The quantitative estimate of drug-likeness (QED) is 0.818. The summed E-state index contributed by atoms with van der Waals surface area (Å²) in [4.78, 5) is 23.0. The van der Waals surface area contributed by atoms with E-state index in [2.05, 4.69) is 10.4 Å². The Hall–Kier alpha value is -1.85. The molecule has 1 aromatic rings. The summed E-state index contributed by atoms with van der Waals surface area (Å²) < 4.78 is 1.58. The van der Waals surface area contributed by atoms with Crippen molar-refractivity contribution in [1.82, 2.24) is 15.1 Å². The zero-order valence-corrected chi connectivity index (χ0v) is 11.1. The lowest BCUT2D eigenvalue weighted by atomic mass is 9.99. The van der Waals surface area contributed by atoms with Gasteiger partial charge in [-0.25, -0.2) is 4.79 Å². The molecule has 18 heavy (non-hydrogen) atoms. The number of carboxylic acid groups (broad SMARTS) is 1. The minimum absolute atomic E-state index is 0.128. The van der Waals surface area contributed by atoms with Crippen LogP contribution in [0.1, 0.15) is 36.5 Å². The predicted octanol–water partition coefficient (Wildman–Crippen LogP) is 0.958. The van der Waals surface area contributed by atoms with E-state index < -0.39 is 17.9 Å². The number of nitrogens with one attached hydrogen (secondary N) is 1. The number of aromatic nitrogens is 2. The number of hydrogen-bond donors (Lipinski definition) is 2. The van der Waals surface area contributed by atoms with E-state index >= 15 is 0 Å². The Labute approximate surface area is 106 Å². The first-order valence-corrected chi connectivity index (χ1v) is 5.91. The van der Waals surface area contributed by atoms with Crippen LogP contribution in [0.5, 0.6) is 0 Å². The maximum atomic E-state index is 11.9. The number of amides is 1. The summed E-state index contributed by atoms with van der Waals surface area (Å²) in [5, 5.41) is 15.6. The highest BCUT2D eigenvalue weighted by Crippen LogP contribution is 2.09. The second-order valence-electron chi connectivity index (χ2n) is 4.47. The van der Waals surface area contributed by atoms with Crippen LogP contribution in [0.3, 0.4) is 0 Å². The summed E-state index contributed by atoms with van der Waals surface area (Å²) in [6.45, 7) is 5.51. The number of carbonyl (C=O) groups excluding carboxylic acids is 1. The van der Waals surface area contributed by atoms with Gasteiger partial charge in [-0.1, -0.05) is 20.3 Å². The summed E-state index contributed by atoms with van der Waals surface area (Å²) in [6, 6.07) is 0.745. The van der Waals surface area contributed by atoms with Crippen molar-refractivity contribution in [2.45, 2.75) is 33.2 Å². The lowest BCUT2D eigenvalue weighted by molar-refractivity contribution is -0.140. The van der Waals surface area contributed by atoms with Gasteiger partial charge in [0.25, 0.3) is 5.91 Å². The van der Waals surface area contributed by atoms with Crippen LogP contribution in [-0.4, -0.2) is 32.8 Å². The van der Waals surface area contributed by atoms with Crippen LogP contribution < -0.4 is 5.32 Å². The molecule has 0 saturated carbocycles. The monoisotopic (exact) mass is 253 g/mol. The van der Waals surface area contributed by atoms with Gasteiger partial charge >= 0.3 is 5.97 Å². The van der Waals surface area contributed by atoms with Crippen LogP contribution in [-0.2, 0) is 11.8 Å². The van der Waals surface area contributed by atoms with E-state index in [4.69, 9.17) is 5.11 Å². The maximum Gasteiger partial charge on any atom is 0.326 e. The second-order valence-corrected chi connectivity index (χ2v) is 4.47. The molecule has 2 N–H and O–H groups in total. The highest BCUT2D eigenvalue weighted by Gasteiger charge is 2.26. The minimum Gasteiger partial charge on any atom is -0.480 e. The van der Waals surface area contributed by atoms with E-state index in [-0.39, 0.29) is 11.6 Å².